The topological polar surface area (TPSA) is 132 Å². The van der Waals surface area contributed by atoms with Gasteiger partial charge in [-0.25, -0.2) is 19.9 Å². The molecule has 4 aromatic rings. The van der Waals surface area contributed by atoms with Gasteiger partial charge in [0.1, 0.15) is 17.2 Å². The molecule has 0 spiro atoms. The zero-order valence-corrected chi connectivity index (χ0v) is 26.9. The van der Waals surface area contributed by atoms with E-state index in [0.29, 0.717) is 42.4 Å². The van der Waals surface area contributed by atoms with E-state index in [4.69, 9.17) is 5.11 Å². The Kier molecular flexibility index (Phi) is 11.4. The number of carbonyl (C=O) groups is 1. The summed E-state index contributed by atoms with van der Waals surface area (Å²) in [6, 6.07) is 3.42. The molecule has 0 bridgehead atoms. The molecule has 0 saturated carbocycles. The number of aromatic nitrogens is 5. The second-order valence-corrected chi connectivity index (χ2v) is 11.9. The number of anilines is 4. The Labute approximate surface area is 266 Å². The maximum absolute atomic E-state index is 13.3. The summed E-state index contributed by atoms with van der Waals surface area (Å²) < 4.78 is 40.0. The second-order valence-electron chi connectivity index (χ2n) is 9.85. The molecule has 0 radical (unpaired) electrons. The van der Waals surface area contributed by atoms with E-state index in [-0.39, 0.29) is 30.8 Å². The van der Waals surface area contributed by atoms with Gasteiger partial charge in [0.2, 0.25) is 5.95 Å². The molecule has 0 aliphatic rings. The molecule has 0 unspecified atom stereocenters. The first-order valence-electron chi connectivity index (χ1n) is 14.1. The van der Waals surface area contributed by atoms with Crippen LogP contribution in [0.15, 0.2) is 42.2 Å². The van der Waals surface area contributed by atoms with Crippen molar-refractivity contribution in [3.05, 3.63) is 64.0 Å². The normalized spacial score (nSPS) is 11.6. The Bertz CT molecular complexity index is 1610. The Morgan fingerprint density at radius 2 is 1.93 bits per heavy atom. The summed E-state index contributed by atoms with van der Waals surface area (Å²) in [4.78, 5) is 38.6. The smallest absolute Gasteiger partial charge is 0.395 e. The van der Waals surface area contributed by atoms with E-state index in [1.54, 1.807) is 41.6 Å². The highest BCUT2D eigenvalue weighted by Gasteiger charge is 2.35. The number of thiazole rings is 2. The molecule has 16 heteroatoms. The number of amides is 1. The zero-order chi connectivity index (χ0) is 32.6. The van der Waals surface area contributed by atoms with E-state index < -0.39 is 11.7 Å². The first-order valence-corrected chi connectivity index (χ1v) is 15.8. The van der Waals surface area contributed by atoms with Crippen molar-refractivity contribution in [1.29, 1.82) is 0 Å². The summed E-state index contributed by atoms with van der Waals surface area (Å²) in [7, 11) is 1.65. The fourth-order valence-corrected chi connectivity index (χ4v) is 5.92. The third-order valence-electron chi connectivity index (χ3n) is 6.48. The fraction of sp³-hybridized carbons (Fsp3) is 0.379. The van der Waals surface area contributed by atoms with Crippen molar-refractivity contribution < 1.29 is 23.1 Å². The first kappa shape index (κ1) is 33.7. The van der Waals surface area contributed by atoms with Crippen LogP contribution < -0.4 is 15.5 Å². The van der Waals surface area contributed by atoms with E-state index in [2.05, 4.69) is 35.6 Å². The highest BCUT2D eigenvalue weighted by Crippen LogP contribution is 2.34. The van der Waals surface area contributed by atoms with Crippen LogP contribution in [-0.2, 0) is 6.18 Å². The molecule has 4 aromatic heterocycles. The summed E-state index contributed by atoms with van der Waals surface area (Å²) in [5.74, 6) is 0.131. The number of carbonyl (C=O) groups excluding carboxylic acids is 1. The van der Waals surface area contributed by atoms with Crippen molar-refractivity contribution in [2.45, 2.75) is 39.8 Å². The van der Waals surface area contributed by atoms with Crippen molar-refractivity contribution in [1.82, 2.24) is 29.8 Å². The molecule has 4 rings (SSSR count). The standard InChI is InChI=1S/C29H34F3N9O2S2/c1-5-41(27-35-16-21(29(30,31)32)25(39-27)33-11-14-42)13-8-6-7-12-40(4)26(43)20-9-10-23(34-15-20)38-28-37-22(17-44-28)24-18(2)36-19(3)45-24/h7,9-10,12,15-17,42H,5-6,8,11,13-14H2,1-4H3,(H,33,35,39)(H,34,37,38)/b12-7-. The van der Waals surface area contributed by atoms with Crippen LogP contribution in [0.1, 0.15) is 46.4 Å². The van der Waals surface area contributed by atoms with Gasteiger partial charge in [-0.15, -0.1) is 22.7 Å². The molecule has 0 aromatic carbocycles. The lowest BCUT2D eigenvalue weighted by Crippen LogP contribution is -2.27. The Morgan fingerprint density at radius 3 is 2.58 bits per heavy atom. The SMILES string of the molecule is CCN(CCC/C=C\N(C)C(=O)c1ccc(Nc2nc(-c3sc(C)nc3C)cs2)nc1)c1ncc(C(F)(F)F)c(NCCO)n1. The first-order chi connectivity index (χ1) is 21.5. The van der Waals surface area contributed by atoms with E-state index >= 15 is 0 Å². The van der Waals surface area contributed by atoms with Crippen molar-refractivity contribution in [3.63, 3.8) is 0 Å². The number of unbranched alkanes of at least 4 members (excludes halogenated alkanes) is 1. The van der Waals surface area contributed by atoms with Crippen LogP contribution in [0.25, 0.3) is 10.6 Å². The van der Waals surface area contributed by atoms with Gasteiger partial charge in [-0.2, -0.15) is 18.2 Å². The number of hydrogen-bond acceptors (Lipinski definition) is 12. The molecule has 240 valence electrons. The second kappa shape index (κ2) is 15.2. The van der Waals surface area contributed by atoms with Gasteiger partial charge in [0, 0.05) is 50.7 Å². The van der Waals surface area contributed by atoms with Gasteiger partial charge in [-0.05, 0) is 45.7 Å². The van der Waals surface area contributed by atoms with Gasteiger partial charge in [0.05, 0.1) is 33.4 Å². The fourth-order valence-electron chi connectivity index (χ4n) is 4.25. The molecule has 0 aliphatic heterocycles. The van der Waals surface area contributed by atoms with Gasteiger partial charge in [0.15, 0.2) is 5.13 Å². The van der Waals surface area contributed by atoms with Crippen molar-refractivity contribution >= 4 is 51.3 Å². The van der Waals surface area contributed by atoms with Gasteiger partial charge < -0.3 is 25.5 Å². The maximum Gasteiger partial charge on any atom is 0.421 e. The molecule has 3 N–H and O–H groups in total. The molecule has 4 heterocycles. The van der Waals surface area contributed by atoms with E-state index in [0.717, 1.165) is 27.5 Å². The highest BCUT2D eigenvalue weighted by atomic mass is 32.1. The number of aryl methyl sites for hydroxylation is 2. The highest BCUT2D eigenvalue weighted by molar-refractivity contribution is 7.16. The largest absolute Gasteiger partial charge is 0.421 e. The van der Waals surface area contributed by atoms with Crippen LogP contribution in [0.4, 0.5) is 35.9 Å². The van der Waals surface area contributed by atoms with Gasteiger partial charge in [0.25, 0.3) is 5.91 Å². The van der Waals surface area contributed by atoms with Crippen LogP contribution in [-0.4, -0.2) is 74.1 Å². The van der Waals surface area contributed by atoms with Gasteiger partial charge in [-0.3, -0.25) is 4.79 Å². The molecular formula is C29H34F3N9O2S2. The quantitative estimate of drug-likeness (QED) is 0.136. The van der Waals surface area contributed by atoms with Crippen LogP contribution in [0, 0.1) is 13.8 Å². The van der Waals surface area contributed by atoms with Crippen LogP contribution in [0.2, 0.25) is 0 Å². The van der Waals surface area contributed by atoms with E-state index in [1.807, 2.05) is 32.2 Å². The Morgan fingerprint density at radius 1 is 1.13 bits per heavy atom. The van der Waals surface area contributed by atoms with Gasteiger partial charge >= 0.3 is 6.18 Å². The number of aliphatic hydroxyl groups is 1. The number of aliphatic hydroxyl groups excluding tert-OH is 1. The zero-order valence-electron chi connectivity index (χ0n) is 25.2. The van der Waals surface area contributed by atoms with Gasteiger partial charge in [-0.1, -0.05) is 6.08 Å². The van der Waals surface area contributed by atoms with Crippen molar-refractivity contribution in [2.75, 3.05) is 48.8 Å². The van der Waals surface area contributed by atoms with Crippen molar-refractivity contribution in [3.8, 4) is 10.6 Å². The van der Waals surface area contributed by atoms with Crippen LogP contribution in [0.5, 0.6) is 0 Å². The number of hydrogen-bond donors (Lipinski definition) is 3. The molecule has 0 fully saturated rings. The summed E-state index contributed by atoms with van der Waals surface area (Å²) in [6.07, 6.45) is 2.43. The molecule has 11 nitrogen and oxygen atoms in total. The molecule has 45 heavy (non-hydrogen) atoms. The summed E-state index contributed by atoms with van der Waals surface area (Å²) in [5, 5.41) is 18.4. The monoisotopic (exact) mass is 661 g/mol. The number of alkyl halides is 3. The minimum absolute atomic E-state index is 0.0682. The lowest BCUT2D eigenvalue weighted by atomic mass is 10.2. The minimum atomic E-state index is -4.62. The number of halogens is 3. The molecule has 1 amide bonds. The van der Waals surface area contributed by atoms with E-state index in [1.165, 1.54) is 22.4 Å². The average molecular weight is 662 g/mol. The molecular weight excluding hydrogens is 628 g/mol. The van der Waals surface area contributed by atoms with E-state index in [9.17, 15) is 18.0 Å². The number of rotatable bonds is 14. The number of nitrogens with zero attached hydrogens (tertiary/aromatic N) is 7. The van der Waals surface area contributed by atoms with Crippen LogP contribution >= 0.6 is 22.7 Å². The average Bonchev–Trinajstić information content (AvgIpc) is 3.61. The predicted octanol–water partition coefficient (Wildman–Crippen LogP) is 6.13. The summed E-state index contributed by atoms with van der Waals surface area (Å²) in [5.41, 5.74) is 1.25. The van der Waals surface area contributed by atoms with Crippen molar-refractivity contribution in [2.24, 2.45) is 0 Å². The number of nitrogens with one attached hydrogen (secondary N) is 2. The minimum Gasteiger partial charge on any atom is -0.395 e. The third kappa shape index (κ3) is 8.95. The lowest BCUT2D eigenvalue weighted by molar-refractivity contribution is -0.137. The molecule has 0 atom stereocenters. The molecule has 0 aliphatic carbocycles. The summed E-state index contributed by atoms with van der Waals surface area (Å²) in [6.45, 7) is 6.37. The number of allylic oxidation sites excluding steroid dienone is 1. The lowest BCUT2D eigenvalue weighted by Gasteiger charge is -2.22. The summed E-state index contributed by atoms with van der Waals surface area (Å²) >= 11 is 3.06. The Hall–Kier alpha value is -4.15. The predicted molar refractivity (Wildman–Crippen MR) is 171 cm³/mol. The third-order valence-corrected chi connectivity index (χ3v) is 8.34. The maximum atomic E-state index is 13.3. The molecule has 0 saturated heterocycles. The number of pyridine rings is 1. The Balaban J connectivity index is 1.27. The van der Waals surface area contributed by atoms with Crippen LogP contribution in [0.3, 0.4) is 0 Å².